The Morgan fingerprint density at radius 3 is 2.67 bits per heavy atom. The van der Waals surface area contributed by atoms with Crippen LogP contribution in [0.4, 0.5) is 10.7 Å². The van der Waals surface area contributed by atoms with Gasteiger partial charge in [0.05, 0.1) is 12.3 Å². The molecule has 1 aromatic heterocycles. The van der Waals surface area contributed by atoms with Gasteiger partial charge in [-0.2, -0.15) is 0 Å². The molecule has 1 unspecified atom stereocenters. The largest absolute Gasteiger partial charge is 0.479 e. The number of amides is 2. The van der Waals surface area contributed by atoms with Crippen molar-refractivity contribution in [3.05, 3.63) is 65.0 Å². The number of carbonyl (C=O) groups excluding carboxylic acids is 3. The van der Waals surface area contributed by atoms with E-state index in [1.165, 1.54) is 16.2 Å². The summed E-state index contributed by atoms with van der Waals surface area (Å²) in [6.45, 7) is 5.30. The number of rotatable bonds is 6. The number of ether oxygens (including phenoxy) is 2. The zero-order valence-corrected chi connectivity index (χ0v) is 19.4. The number of hydrogen-bond acceptors (Lipinski definition) is 6. The van der Waals surface area contributed by atoms with E-state index >= 15 is 0 Å². The SMILES string of the molecule is CCOC(=O)c1c(-c2ccccc2)csc1NC(=O)CN1C(=O)C(C)Oc2ccc(C)cc21. The highest BCUT2D eigenvalue weighted by Crippen LogP contribution is 2.37. The summed E-state index contributed by atoms with van der Waals surface area (Å²) in [5.74, 6) is -0.679. The molecule has 2 aromatic carbocycles. The molecule has 1 aliphatic heterocycles. The fraction of sp³-hybridized carbons (Fsp3) is 0.240. The predicted octanol–water partition coefficient (Wildman–Crippen LogP) is 4.65. The second-order valence-corrected chi connectivity index (χ2v) is 8.52. The summed E-state index contributed by atoms with van der Waals surface area (Å²) in [6, 6.07) is 14.9. The lowest BCUT2D eigenvalue weighted by atomic mass is 10.0. The summed E-state index contributed by atoms with van der Waals surface area (Å²) in [7, 11) is 0. The van der Waals surface area contributed by atoms with Crippen molar-refractivity contribution in [1.29, 1.82) is 0 Å². The summed E-state index contributed by atoms with van der Waals surface area (Å²) >= 11 is 1.24. The third-order valence-corrected chi connectivity index (χ3v) is 6.13. The molecule has 0 bridgehead atoms. The van der Waals surface area contributed by atoms with Crippen LogP contribution in [0.2, 0.25) is 0 Å². The number of aryl methyl sites for hydroxylation is 1. The van der Waals surface area contributed by atoms with E-state index < -0.39 is 18.0 Å². The molecule has 1 aliphatic rings. The van der Waals surface area contributed by atoms with E-state index in [1.54, 1.807) is 19.9 Å². The first kappa shape index (κ1) is 22.5. The number of fused-ring (bicyclic) bond motifs is 1. The van der Waals surface area contributed by atoms with Gasteiger partial charge in [0.15, 0.2) is 6.10 Å². The smallest absolute Gasteiger partial charge is 0.341 e. The fourth-order valence-corrected chi connectivity index (χ4v) is 4.65. The van der Waals surface area contributed by atoms with E-state index in [0.717, 1.165) is 11.1 Å². The third-order valence-electron chi connectivity index (χ3n) is 5.23. The van der Waals surface area contributed by atoms with Crippen LogP contribution in [0.3, 0.4) is 0 Å². The summed E-state index contributed by atoms with van der Waals surface area (Å²) in [4.78, 5) is 40.0. The van der Waals surface area contributed by atoms with E-state index in [0.29, 0.717) is 27.6 Å². The highest BCUT2D eigenvalue weighted by Gasteiger charge is 2.33. The van der Waals surface area contributed by atoms with Gasteiger partial charge >= 0.3 is 5.97 Å². The van der Waals surface area contributed by atoms with Crippen molar-refractivity contribution in [2.24, 2.45) is 0 Å². The van der Waals surface area contributed by atoms with Crippen molar-refractivity contribution in [2.45, 2.75) is 26.9 Å². The van der Waals surface area contributed by atoms with Crippen LogP contribution in [-0.4, -0.2) is 37.0 Å². The molecular weight excluding hydrogens is 440 g/mol. The predicted molar refractivity (Wildman–Crippen MR) is 128 cm³/mol. The van der Waals surface area contributed by atoms with Crippen molar-refractivity contribution in [1.82, 2.24) is 0 Å². The molecule has 1 N–H and O–H groups in total. The molecule has 0 fully saturated rings. The van der Waals surface area contributed by atoms with Gasteiger partial charge in [-0.05, 0) is 44.0 Å². The molecule has 7 nitrogen and oxygen atoms in total. The van der Waals surface area contributed by atoms with Crippen LogP contribution in [0.25, 0.3) is 11.1 Å². The van der Waals surface area contributed by atoms with Crippen molar-refractivity contribution in [2.75, 3.05) is 23.4 Å². The first-order chi connectivity index (χ1) is 15.9. The number of benzene rings is 2. The minimum atomic E-state index is -0.700. The van der Waals surface area contributed by atoms with E-state index in [1.807, 2.05) is 54.8 Å². The summed E-state index contributed by atoms with van der Waals surface area (Å²) < 4.78 is 10.9. The Bertz CT molecular complexity index is 1200. The van der Waals surface area contributed by atoms with Gasteiger partial charge in [-0.25, -0.2) is 4.79 Å². The molecule has 0 aliphatic carbocycles. The number of nitrogens with zero attached hydrogens (tertiary/aromatic N) is 1. The van der Waals surface area contributed by atoms with Crippen molar-refractivity contribution in [3.63, 3.8) is 0 Å². The molecule has 0 saturated heterocycles. The lowest BCUT2D eigenvalue weighted by Gasteiger charge is -2.32. The molecule has 33 heavy (non-hydrogen) atoms. The Hall–Kier alpha value is -3.65. The zero-order valence-electron chi connectivity index (χ0n) is 18.6. The Morgan fingerprint density at radius 1 is 1.18 bits per heavy atom. The molecule has 1 atom stereocenters. The maximum atomic E-state index is 13.0. The molecule has 0 saturated carbocycles. The molecule has 170 valence electrons. The maximum Gasteiger partial charge on any atom is 0.341 e. The maximum absolute atomic E-state index is 13.0. The molecule has 0 radical (unpaired) electrons. The van der Waals surface area contributed by atoms with Crippen LogP contribution in [0.15, 0.2) is 53.9 Å². The number of esters is 1. The van der Waals surface area contributed by atoms with Gasteiger partial charge in [-0.1, -0.05) is 36.4 Å². The second-order valence-electron chi connectivity index (χ2n) is 7.64. The summed E-state index contributed by atoms with van der Waals surface area (Å²) in [6.07, 6.45) is -0.700. The molecule has 4 rings (SSSR count). The van der Waals surface area contributed by atoms with E-state index in [2.05, 4.69) is 5.32 Å². The minimum absolute atomic E-state index is 0.205. The van der Waals surface area contributed by atoms with E-state index in [9.17, 15) is 14.4 Å². The number of nitrogens with one attached hydrogen (secondary N) is 1. The van der Waals surface area contributed by atoms with Crippen LogP contribution in [0.1, 0.15) is 29.8 Å². The topological polar surface area (TPSA) is 84.9 Å². The van der Waals surface area contributed by atoms with Crippen molar-refractivity contribution < 1.29 is 23.9 Å². The highest BCUT2D eigenvalue weighted by atomic mass is 32.1. The molecular formula is C25H24N2O5S. The van der Waals surface area contributed by atoms with E-state index in [4.69, 9.17) is 9.47 Å². The average molecular weight is 465 g/mol. The standard InChI is InChI=1S/C25H24N2O5S/c1-4-31-25(30)22-18(17-8-6-5-7-9-17)14-33-23(22)26-21(28)13-27-19-12-15(2)10-11-20(19)32-16(3)24(27)29/h5-12,14,16H,4,13H2,1-3H3,(H,26,28). The van der Waals surface area contributed by atoms with Crippen LogP contribution in [0.5, 0.6) is 5.75 Å². The molecule has 0 spiro atoms. The van der Waals surface area contributed by atoms with Gasteiger partial charge in [0, 0.05) is 10.9 Å². The lowest BCUT2D eigenvalue weighted by molar-refractivity contribution is -0.127. The van der Waals surface area contributed by atoms with Crippen LogP contribution in [0, 0.1) is 6.92 Å². The zero-order chi connectivity index (χ0) is 23.5. The van der Waals surface area contributed by atoms with Gasteiger partial charge < -0.3 is 14.8 Å². The number of hydrogen-bond donors (Lipinski definition) is 1. The number of anilines is 2. The monoisotopic (exact) mass is 464 g/mol. The molecule has 8 heteroatoms. The van der Waals surface area contributed by atoms with Crippen molar-refractivity contribution in [3.8, 4) is 16.9 Å². The number of thiophene rings is 1. The minimum Gasteiger partial charge on any atom is -0.479 e. The van der Waals surface area contributed by atoms with Crippen LogP contribution < -0.4 is 15.0 Å². The van der Waals surface area contributed by atoms with E-state index in [-0.39, 0.29) is 19.1 Å². The Kier molecular flexibility index (Phi) is 6.46. The first-order valence-electron chi connectivity index (χ1n) is 10.6. The lowest BCUT2D eigenvalue weighted by Crippen LogP contribution is -2.47. The average Bonchev–Trinajstić information content (AvgIpc) is 3.21. The van der Waals surface area contributed by atoms with Crippen molar-refractivity contribution >= 4 is 39.8 Å². The van der Waals surface area contributed by atoms with Crippen LogP contribution >= 0.6 is 11.3 Å². The first-order valence-corrected chi connectivity index (χ1v) is 11.5. The Balaban J connectivity index is 1.62. The molecule has 2 amide bonds. The Labute approximate surface area is 195 Å². The summed E-state index contributed by atoms with van der Waals surface area (Å²) in [5, 5.41) is 5.01. The Morgan fingerprint density at radius 2 is 1.94 bits per heavy atom. The third kappa shape index (κ3) is 4.61. The number of carbonyl (C=O) groups is 3. The second kappa shape index (κ2) is 9.46. The normalized spacial score (nSPS) is 14.9. The van der Waals surface area contributed by atoms with Crippen LogP contribution in [-0.2, 0) is 14.3 Å². The van der Waals surface area contributed by atoms with Gasteiger partial charge in [0.2, 0.25) is 5.91 Å². The fourth-order valence-electron chi connectivity index (χ4n) is 3.68. The van der Waals surface area contributed by atoms with Gasteiger partial charge in [-0.15, -0.1) is 11.3 Å². The van der Waals surface area contributed by atoms with Gasteiger partial charge in [-0.3, -0.25) is 14.5 Å². The highest BCUT2D eigenvalue weighted by molar-refractivity contribution is 7.15. The summed E-state index contributed by atoms with van der Waals surface area (Å²) in [5.41, 5.74) is 3.33. The quantitative estimate of drug-likeness (QED) is 0.537. The molecule has 3 aromatic rings. The van der Waals surface area contributed by atoms with Gasteiger partial charge in [0.25, 0.3) is 5.91 Å². The molecule has 2 heterocycles. The van der Waals surface area contributed by atoms with Gasteiger partial charge in [0.1, 0.15) is 22.9 Å².